The summed E-state index contributed by atoms with van der Waals surface area (Å²) < 4.78 is 66.2. The lowest BCUT2D eigenvalue weighted by atomic mass is 10.1. The second-order valence-corrected chi connectivity index (χ2v) is 8.08. The van der Waals surface area contributed by atoms with E-state index in [1.807, 2.05) is 0 Å². The molecule has 1 heterocycles. The molecule has 0 spiro atoms. The summed E-state index contributed by atoms with van der Waals surface area (Å²) in [6, 6.07) is 2.85. The van der Waals surface area contributed by atoms with Crippen molar-refractivity contribution in [1.29, 1.82) is 0 Å². The number of anilines is 1. The number of sulfone groups is 1. The minimum atomic E-state index is -4.56. The molecule has 2 aliphatic rings. The van der Waals surface area contributed by atoms with Crippen LogP contribution in [0.4, 0.5) is 18.9 Å². The van der Waals surface area contributed by atoms with Crippen molar-refractivity contribution in [2.75, 3.05) is 24.3 Å². The van der Waals surface area contributed by atoms with Gasteiger partial charge in [0.25, 0.3) is 0 Å². The molecule has 0 radical (unpaired) electrons. The zero-order chi connectivity index (χ0) is 17.0. The van der Waals surface area contributed by atoms with Gasteiger partial charge in [-0.2, -0.15) is 13.2 Å². The Morgan fingerprint density at radius 3 is 2.48 bits per heavy atom. The van der Waals surface area contributed by atoms with Crippen molar-refractivity contribution in [3.8, 4) is 5.75 Å². The number of nitrogens with zero attached hydrogens (tertiary/aromatic N) is 1. The maximum absolute atomic E-state index is 12.9. The molecule has 1 aromatic carbocycles. The highest BCUT2D eigenvalue weighted by Crippen LogP contribution is 2.47. The Labute approximate surface area is 130 Å². The molecule has 0 atom stereocenters. The van der Waals surface area contributed by atoms with Gasteiger partial charge in [-0.1, -0.05) is 0 Å². The van der Waals surface area contributed by atoms with Gasteiger partial charge in [0, 0.05) is 6.26 Å². The third-order valence-electron chi connectivity index (χ3n) is 4.20. The molecule has 0 bridgehead atoms. The van der Waals surface area contributed by atoms with Crippen LogP contribution in [0, 0.1) is 0 Å². The van der Waals surface area contributed by atoms with Crippen molar-refractivity contribution < 1.29 is 31.1 Å². The van der Waals surface area contributed by atoms with E-state index in [2.05, 4.69) is 0 Å². The number of rotatable bonds is 2. The van der Waals surface area contributed by atoms with E-state index in [9.17, 15) is 26.4 Å². The highest BCUT2D eigenvalue weighted by atomic mass is 32.2. The Morgan fingerprint density at radius 1 is 1.30 bits per heavy atom. The highest BCUT2D eigenvalue weighted by molar-refractivity contribution is 7.93. The number of hydrogen-bond donors (Lipinski definition) is 0. The van der Waals surface area contributed by atoms with Crippen LogP contribution in [-0.2, 0) is 20.8 Å². The number of halogens is 3. The highest BCUT2D eigenvalue weighted by Gasteiger charge is 2.60. The summed E-state index contributed by atoms with van der Waals surface area (Å²) in [7, 11) is -3.64. The van der Waals surface area contributed by atoms with Gasteiger partial charge in [0.1, 0.15) is 12.4 Å². The van der Waals surface area contributed by atoms with Gasteiger partial charge in [0.05, 0.1) is 17.8 Å². The molecular weight excluding hydrogens is 335 g/mol. The van der Waals surface area contributed by atoms with Crippen LogP contribution in [0.5, 0.6) is 5.75 Å². The fourth-order valence-corrected chi connectivity index (χ4v) is 3.98. The van der Waals surface area contributed by atoms with Crippen LogP contribution in [0.15, 0.2) is 18.2 Å². The molecule has 1 fully saturated rings. The summed E-state index contributed by atoms with van der Waals surface area (Å²) in [4.78, 5) is 13.8. The fourth-order valence-electron chi connectivity index (χ4n) is 2.71. The summed E-state index contributed by atoms with van der Waals surface area (Å²) in [5, 5.41) is 0. The number of carbonyl (C=O) groups is 1. The van der Waals surface area contributed by atoms with E-state index in [0.717, 1.165) is 29.4 Å². The van der Waals surface area contributed by atoms with Crippen molar-refractivity contribution in [2.24, 2.45) is 0 Å². The van der Waals surface area contributed by atoms with Gasteiger partial charge in [0.2, 0.25) is 5.91 Å². The van der Waals surface area contributed by atoms with Gasteiger partial charge in [-0.05, 0) is 31.0 Å². The van der Waals surface area contributed by atoms with E-state index >= 15 is 0 Å². The first-order chi connectivity index (χ1) is 10.6. The second-order valence-electron chi connectivity index (χ2n) is 5.75. The van der Waals surface area contributed by atoms with E-state index in [4.69, 9.17) is 4.74 Å². The summed E-state index contributed by atoms with van der Waals surface area (Å²) >= 11 is 0. The lowest BCUT2D eigenvalue weighted by molar-refractivity contribution is -0.137. The number of amides is 1. The molecule has 1 saturated carbocycles. The normalized spacial score (nSPS) is 19.7. The number of benzene rings is 1. The van der Waals surface area contributed by atoms with Crippen LogP contribution in [0.2, 0.25) is 0 Å². The van der Waals surface area contributed by atoms with Gasteiger partial charge in [-0.15, -0.1) is 0 Å². The Hall–Kier alpha value is -1.77. The molecule has 0 N–H and O–H groups in total. The number of carbonyl (C=O) groups excluding carboxylic acids is 1. The van der Waals surface area contributed by atoms with E-state index in [1.165, 1.54) is 0 Å². The molecule has 1 aliphatic carbocycles. The van der Waals surface area contributed by atoms with Crippen molar-refractivity contribution in [3.05, 3.63) is 23.8 Å². The van der Waals surface area contributed by atoms with Gasteiger partial charge in [0.15, 0.2) is 14.6 Å². The summed E-state index contributed by atoms with van der Waals surface area (Å²) in [5.74, 6) is -0.536. The van der Waals surface area contributed by atoms with Crippen LogP contribution < -0.4 is 9.64 Å². The molecule has 3 rings (SSSR count). The quantitative estimate of drug-likeness (QED) is 0.819. The van der Waals surface area contributed by atoms with Crippen molar-refractivity contribution in [2.45, 2.75) is 23.8 Å². The third-order valence-corrected chi connectivity index (χ3v) is 6.20. The van der Waals surface area contributed by atoms with E-state index < -0.39 is 32.2 Å². The number of alkyl halides is 3. The van der Waals surface area contributed by atoms with Gasteiger partial charge >= 0.3 is 6.18 Å². The fraction of sp³-hybridized carbons (Fsp3) is 0.500. The van der Waals surface area contributed by atoms with Crippen LogP contribution in [-0.4, -0.2) is 38.5 Å². The standard InChI is InChI=1S/C14H14F3NO4S/c1-23(20,21)13(4-5-13)12(19)18-6-7-22-11-3-2-9(8-10(11)18)14(15,16)17/h2-3,8H,4-7H2,1H3. The summed E-state index contributed by atoms with van der Waals surface area (Å²) in [6.07, 6.45) is -3.20. The Morgan fingerprint density at radius 2 is 1.96 bits per heavy atom. The molecule has 23 heavy (non-hydrogen) atoms. The Kier molecular flexibility index (Phi) is 3.40. The van der Waals surface area contributed by atoms with E-state index in [1.54, 1.807) is 0 Å². The average Bonchev–Trinajstić information content (AvgIpc) is 3.25. The van der Waals surface area contributed by atoms with Gasteiger partial charge < -0.3 is 9.64 Å². The van der Waals surface area contributed by atoms with Crippen LogP contribution >= 0.6 is 0 Å². The predicted molar refractivity (Wildman–Crippen MR) is 76.1 cm³/mol. The monoisotopic (exact) mass is 349 g/mol. The van der Waals surface area contributed by atoms with Gasteiger partial charge in [-0.3, -0.25) is 4.79 Å². The number of ether oxygens (including phenoxy) is 1. The maximum atomic E-state index is 12.9. The molecule has 0 aromatic heterocycles. The first kappa shape index (κ1) is 16.1. The molecule has 1 aliphatic heterocycles. The lowest BCUT2D eigenvalue weighted by Crippen LogP contribution is -2.48. The zero-order valence-electron chi connectivity index (χ0n) is 12.2. The first-order valence-electron chi connectivity index (χ1n) is 6.92. The molecule has 5 nitrogen and oxygen atoms in total. The van der Waals surface area contributed by atoms with Gasteiger partial charge in [-0.25, -0.2) is 8.42 Å². The van der Waals surface area contributed by atoms with Crippen LogP contribution in [0.3, 0.4) is 0 Å². The molecule has 9 heteroatoms. The minimum absolute atomic E-state index is 0.0183. The average molecular weight is 349 g/mol. The summed E-state index contributed by atoms with van der Waals surface area (Å²) in [5.41, 5.74) is -0.949. The van der Waals surface area contributed by atoms with E-state index in [0.29, 0.717) is 0 Å². The van der Waals surface area contributed by atoms with Crippen molar-refractivity contribution in [1.82, 2.24) is 0 Å². The Balaban J connectivity index is 2.03. The third kappa shape index (κ3) is 2.56. The predicted octanol–water partition coefficient (Wildman–Crippen LogP) is 2.01. The topological polar surface area (TPSA) is 63.7 Å². The lowest BCUT2D eigenvalue weighted by Gasteiger charge is -2.32. The van der Waals surface area contributed by atoms with E-state index in [-0.39, 0.29) is 37.4 Å². The second kappa shape index (κ2) is 4.86. The van der Waals surface area contributed by atoms with Crippen molar-refractivity contribution >= 4 is 21.4 Å². The minimum Gasteiger partial charge on any atom is -0.490 e. The largest absolute Gasteiger partial charge is 0.490 e. The molecule has 1 amide bonds. The Bertz CT molecular complexity index is 769. The maximum Gasteiger partial charge on any atom is 0.416 e. The van der Waals surface area contributed by atoms with Crippen LogP contribution in [0.25, 0.3) is 0 Å². The van der Waals surface area contributed by atoms with Crippen molar-refractivity contribution in [3.63, 3.8) is 0 Å². The SMILES string of the molecule is CS(=O)(=O)C1(C(=O)N2CCOc3ccc(C(F)(F)F)cc32)CC1. The molecule has 0 unspecified atom stereocenters. The van der Waals surface area contributed by atoms with Crippen LogP contribution in [0.1, 0.15) is 18.4 Å². The first-order valence-corrected chi connectivity index (χ1v) is 8.81. The number of hydrogen-bond acceptors (Lipinski definition) is 4. The molecule has 126 valence electrons. The molecular formula is C14H14F3NO4S. The molecule has 1 aromatic rings. The smallest absolute Gasteiger partial charge is 0.416 e. The zero-order valence-corrected chi connectivity index (χ0v) is 13.0. The molecule has 0 saturated heterocycles. The summed E-state index contributed by atoms with van der Waals surface area (Å²) in [6.45, 7) is 0.119. The number of fused-ring (bicyclic) bond motifs is 1.